The first-order chi connectivity index (χ1) is 6.81. The summed E-state index contributed by atoms with van der Waals surface area (Å²) in [7, 11) is 0. The van der Waals surface area contributed by atoms with E-state index < -0.39 is 0 Å². The van der Waals surface area contributed by atoms with Gasteiger partial charge >= 0.3 is 0 Å². The van der Waals surface area contributed by atoms with Crippen LogP contribution in [0.25, 0.3) is 0 Å². The van der Waals surface area contributed by atoms with Crippen molar-refractivity contribution in [3.63, 3.8) is 0 Å². The Morgan fingerprint density at radius 2 is 0.556 bits per heavy atom. The van der Waals surface area contributed by atoms with E-state index in [2.05, 4.69) is 58.7 Å². The van der Waals surface area contributed by atoms with E-state index in [-0.39, 0.29) is 50.9 Å². The first-order valence-corrected chi connectivity index (χ1v) is 6.19. The predicted octanol–water partition coefficient (Wildman–Crippen LogP) is -9.34. The number of hydrogen-bond donors (Lipinski definition) is 3. The third-order valence-corrected chi connectivity index (χ3v) is 1.73. The van der Waals surface area contributed by atoms with Crippen molar-refractivity contribution in [3.05, 3.63) is 0 Å². The lowest BCUT2D eigenvalue weighted by Crippen LogP contribution is -3.00. The summed E-state index contributed by atoms with van der Waals surface area (Å²) >= 11 is 0. The molecule has 0 saturated carbocycles. The molecule has 9 N–H and O–H groups in total. The molecule has 0 aliphatic carbocycles. The van der Waals surface area contributed by atoms with Gasteiger partial charge in [0.05, 0.1) is 19.6 Å². The Bertz CT molecular complexity index is 83.5. The number of quaternary nitrogens is 3. The molecule has 0 atom stereocenters. The van der Waals surface area contributed by atoms with Crippen LogP contribution in [0.5, 0.6) is 0 Å². The van der Waals surface area contributed by atoms with E-state index >= 15 is 0 Å². The molecule has 18 heavy (non-hydrogen) atoms. The van der Waals surface area contributed by atoms with Crippen LogP contribution in [-0.2, 0) is 0 Å². The lowest BCUT2D eigenvalue weighted by molar-refractivity contribution is -0.377. The molecule has 0 aliphatic rings. The minimum Gasteiger partial charge on any atom is -1.00 e. The number of rotatable bonds is 3. The molecule has 0 spiro atoms. The minimum atomic E-state index is 0. The zero-order valence-corrected chi connectivity index (χ0v) is 17.9. The zero-order chi connectivity index (χ0) is 12.9. The van der Waals surface area contributed by atoms with Gasteiger partial charge in [-0.05, 0) is 0 Å². The molecule has 6 heteroatoms. The predicted molar refractivity (Wildman–Crippen MR) is 67.8 cm³/mol. The van der Waals surface area contributed by atoms with Crippen molar-refractivity contribution in [1.82, 2.24) is 0 Å². The smallest absolute Gasteiger partial charge is 0.0763 e. The molecular weight excluding hydrogens is 426 g/mol. The number of halogens is 3. The van der Waals surface area contributed by atoms with Crippen molar-refractivity contribution in [2.24, 2.45) is 17.8 Å². The molecule has 0 saturated heterocycles. The van der Waals surface area contributed by atoms with Gasteiger partial charge in [0.1, 0.15) is 0 Å². The highest BCUT2D eigenvalue weighted by Crippen LogP contribution is 1.80. The van der Waals surface area contributed by atoms with Crippen molar-refractivity contribution < 1.29 is 68.1 Å². The van der Waals surface area contributed by atoms with Gasteiger partial charge < -0.3 is 68.1 Å². The fourth-order valence-electron chi connectivity index (χ4n) is 0. The fraction of sp³-hybridized carbons (Fsp3) is 1.00. The van der Waals surface area contributed by atoms with Gasteiger partial charge in [0.15, 0.2) is 0 Å². The summed E-state index contributed by atoms with van der Waals surface area (Å²) in [6, 6.07) is 0. The van der Waals surface area contributed by atoms with E-state index in [1.54, 1.807) is 0 Å². The number of hydrogen-bond acceptors (Lipinski definition) is 0. The molecule has 0 bridgehead atoms. The maximum atomic E-state index is 3.69. The molecule has 120 valence electrons. The Morgan fingerprint density at radius 1 is 0.500 bits per heavy atom. The van der Waals surface area contributed by atoms with Crippen LogP contribution in [0.3, 0.4) is 0 Å². The van der Waals surface area contributed by atoms with Gasteiger partial charge in [-0.3, -0.25) is 0 Å². The molecule has 0 fully saturated rings. The van der Waals surface area contributed by atoms with E-state index in [0.717, 1.165) is 37.4 Å². The monoisotopic (exact) mass is 459 g/mol. The fourth-order valence-corrected chi connectivity index (χ4v) is 0. The largest absolute Gasteiger partial charge is 1.00 e. The van der Waals surface area contributed by atoms with Crippen molar-refractivity contribution >= 4 is 0 Å². The van der Waals surface area contributed by atoms with Crippen LogP contribution in [0.1, 0.15) is 41.5 Å². The Kier molecular flexibility index (Phi) is 62.9. The van der Waals surface area contributed by atoms with Crippen molar-refractivity contribution in [3.8, 4) is 0 Å². The standard InChI is InChI=1S/3C4H11N.3BrH/c3*1-4(2)3-5;;;/h3*4H,3,5H2,1-2H3;3*1H. The Balaban J connectivity index is -0.0000000277. The molecule has 0 aromatic heterocycles. The average Bonchev–Trinajstić information content (AvgIpc) is 2.19. The summed E-state index contributed by atoms with van der Waals surface area (Å²) in [4.78, 5) is 0. The van der Waals surface area contributed by atoms with E-state index in [1.807, 2.05) is 0 Å². The van der Waals surface area contributed by atoms with E-state index in [0.29, 0.717) is 0 Å². The van der Waals surface area contributed by atoms with Crippen molar-refractivity contribution in [2.75, 3.05) is 19.6 Å². The SMILES string of the molecule is CC(C)C[NH3+].CC(C)C[NH3+].CC(C)C[NH3+].[Br-].[Br-].[Br-]. The molecule has 0 aliphatic heterocycles. The maximum absolute atomic E-state index is 3.69. The second kappa shape index (κ2) is 31.0. The normalized spacial score (nSPS) is 8.00. The molecule has 0 aromatic rings. The lowest BCUT2D eigenvalue weighted by Gasteiger charge is -1.87. The Morgan fingerprint density at radius 3 is 0.556 bits per heavy atom. The zero-order valence-electron chi connectivity index (χ0n) is 13.1. The van der Waals surface area contributed by atoms with E-state index in [1.165, 1.54) is 0 Å². The second-order valence-corrected chi connectivity index (χ2v) is 5.05. The highest BCUT2D eigenvalue weighted by Gasteiger charge is 1.84. The van der Waals surface area contributed by atoms with Gasteiger partial charge in [-0.25, -0.2) is 0 Å². The van der Waals surface area contributed by atoms with Gasteiger partial charge in [-0.1, -0.05) is 41.5 Å². The summed E-state index contributed by atoms with van der Waals surface area (Å²) in [5.41, 5.74) is 11.1. The van der Waals surface area contributed by atoms with Gasteiger partial charge in [-0.2, -0.15) is 0 Å². The molecule has 0 amide bonds. The van der Waals surface area contributed by atoms with E-state index in [4.69, 9.17) is 0 Å². The quantitative estimate of drug-likeness (QED) is 0.373. The molecule has 0 aromatic carbocycles. The molecule has 0 rings (SSSR count). The van der Waals surface area contributed by atoms with E-state index in [9.17, 15) is 0 Å². The van der Waals surface area contributed by atoms with Crippen LogP contribution < -0.4 is 68.1 Å². The summed E-state index contributed by atoms with van der Waals surface area (Å²) in [5, 5.41) is 0. The van der Waals surface area contributed by atoms with Gasteiger partial charge in [0.2, 0.25) is 0 Å². The molecular formula is C12H36Br3N3. The second-order valence-electron chi connectivity index (χ2n) is 5.05. The van der Waals surface area contributed by atoms with Crippen LogP contribution in [0.15, 0.2) is 0 Å². The molecule has 3 nitrogen and oxygen atoms in total. The van der Waals surface area contributed by atoms with Crippen molar-refractivity contribution in [2.45, 2.75) is 41.5 Å². The topological polar surface area (TPSA) is 82.9 Å². The lowest BCUT2D eigenvalue weighted by atomic mass is 10.2. The van der Waals surface area contributed by atoms with Crippen LogP contribution >= 0.6 is 0 Å². The summed E-state index contributed by atoms with van der Waals surface area (Å²) in [5.74, 6) is 2.32. The van der Waals surface area contributed by atoms with Crippen molar-refractivity contribution in [1.29, 1.82) is 0 Å². The van der Waals surface area contributed by atoms with Crippen LogP contribution in [0.2, 0.25) is 0 Å². The molecule has 0 heterocycles. The van der Waals surface area contributed by atoms with Gasteiger partial charge in [0.25, 0.3) is 0 Å². The Labute approximate surface area is 146 Å². The minimum absolute atomic E-state index is 0. The highest BCUT2D eigenvalue weighted by atomic mass is 79.9. The van der Waals surface area contributed by atoms with Crippen LogP contribution in [0.4, 0.5) is 0 Å². The molecule has 0 radical (unpaired) electrons. The Hall–Kier alpha value is 1.32. The summed E-state index contributed by atoms with van der Waals surface area (Å²) in [6.45, 7) is 16.1. The first kappa shape index (κ1) is 36.5. The van der Waals surface area contributed by atoms with Crippen LogP contribution in [-0.4, -0.2) is 19.6 Å². The first-order valence-electron chi connectivity index (χ1n) is 6.19. The average molecular weight is 462 g/mol. The summed E-state index contributed by atoms with van der Waals surface area (Å²) < 4.78 is 0. The van der Waals surface area contributed by atoms with Crippen LogP contribution in [0, 0.1) is 17.8 Å². The highest BCUT2D eigenvalue weighted by molar-refractivity contribution is 4.31. The third-order valence-electron chi connectivity index (χ3n) is 1.73. The maximum Gasteiger partial charge on any atom is 0.0763 e. The molecule has 0 unspecified atom stereocenters. The third kappa shape index (κ3) is 86.1. The van der Waals surface area contributed by atoms with Gasteiger partial charge in [0, 0.05) is 17.8 Å². The summed E-state index contributed by atoms with van der Waals surface area (Å²) in [6.07, 6.45) is 0. The van der Waals surface area contributed by atoms with Gasteiger partial charge in [-0.15, -0.1) is 0 Å².